The van der Waals surface area contributed by atoms with E-state index in [1.807, 2.05) is 0 Å². The first-order valence-electron chi connectivity index (χ1n) is 9.50. The second kappa shape index (κ2) is 11.0. The normalized spacial score (nSPS) is 15.9. The fourth-order valence-corrected chi connectivity index (χ4v) is 2.99. The van der Waals surface area contributed by atoms with Crippen LogP contribution in [0.2, 0.25) is 0 Å². The van der Waals surface area contributed by atoms with Crippen LogP contribution < -0.4 is 10.1 Å². The van der Waals surface area contributed by atoms with Crippen molar-refractivity contribution in [2.45, 2.75) is 32.2 Å². The molecule has 0 unspecified atom stereocenters. The molecule has 2 rings (SSSR count). The topological polar surface area (TPSA) is 111 Å². The van der Waals surface area contributed by atoms with E-state index in [4.69, 9.17) is 14.2 Å². The molecule has 29 heavy (non-hydrogen) atoms. The predicted molar refractivity (Wildman–Crippen MR) is 102 cm³/mol. The van der Waals surface area contributed by atoms with E-state index in [0.29, 0.717) is 24.3 Å². The number of hydrogen-bond acceptors (Lipinski definition) is 7. The number of carbonyl (C=O) groups excluding carboxylic acids is 4. The highest BCUT2D eigenvalue weighted by Crippen LogP contribution is 2.18. The van der Waals surface area contributed by atoms with Gasteiger partial charge < -0.3 is 24.4 Å². The molecule has 9 nitrogen and oxygen atoms in total. The van der Waals surface area contributed by atoms with Crippen molar-refractivity contribution < 1.29 is 33.4 Å². The Balaban J connectivity index is 1.79. The summed E-state index contributed by atoms with van der Waals surface area (Å²) in [5.74, 6) is -1.49. The van der Waals surface area contributed by atoms with Crippen LogP contribution in [-0.2, 0) is 23.9 Å². The van der Waals surface area contributed by atoms with Crippen LogP contribution in [0.5, 0.6) is 5.75 Å². The molecule has 1 aliphatic rings. The summed E-state index contributed by atoms with van der Waals surface area (Å²) in [6.45, 7) is 1.48. The highest BCUT2D eigenvalue weighted by molar-refractivity contribution is 5.96. The minimum absolute atomic E-state index is 0.236. The van der Waals surface area contributed by atoms with Crippen LogP contribution in [0.1, 0.15) is 36.5 Å². The van der Waals surface area contributed by atoms with Crippen molar-refractivity contribution in [2.75, 3.05) is 33.4 Å². The van der Waals surface area contributed by atoms with Gasteiger partial charge >= 0.3 is 11.9 Å². The monoisotopic (exact) mass is 406 g/mol. The summed E-state index contributed by atoms with van der Waals surface area (Å²) in [4.78, 5) is 49.7. The Morgan fingerprint density at radius 3 is 2.48 bits per heavy atom. The second-order valence-electron chi connectivity index (χ2n) is 6.42. The van der Waals surface area contributed by atoms with E-state index in [2.05, 4.69) is 5.32 Å². The Kier molecular flexibility index (Phi) is 8.45. The Labute approximate surface area is 169 Å². The first-order chi connectivity index (χ1) is 14.0. The first-order valence-corrected chi connectivity index (χ1v) is 9.50. The Morgan fingerprint density at radius 1 is 1.10 bits per heavy atom. The fraction of sp³-hybridized carbons (Fsp3) is 0.500. The summed E-state index contributed by atoms with van der Waals surface area (Å²) in [7, 11) is 1.52. The summed E-state index contributed by atoms with van der Waals surface area (Å²) in [6.07, 6.45) is 2.12. The van der Waals surface area contributed by atoms with Crippen LogP contribution in [-0.4, -0.2) is 68.1 Å². The molecular weight excluding hydrogens is 380 g/mol. The third kappa shape index (κ3) is 6.48. The Morgan fingerprint density at radius 2 is 1.83 bits per heavy atom. The van der Waals surface area contributed by atoms with Crippen molar-refractivity contribution in [3.8, 4) is 5.75 Å². The SMILES string of the molecule is CCOC(=O)[C@@H]1CCCCN1C(=O)COC(=O)CNC(=O)c1ccc(OC)cc1. The van der Waals surface area contributed by atoms with Crippen molar-refractivity contribution in [1.82, 2.24) is 10.2 Å². The van der Waals surface area contributed by atoms with Gasteiger partial charge in [-0.1, -0.05) is 0 Å². The molecule has 9 heteroatoms. The van der Waals surface area contributed by atoms with Gasteiger partial charge in [-0.05, 0) is 50.5 Å². The quantitative estimate of drug-likeness (QED) is 0.639. The largest absolute Gasteiger partial charge is 0.497 e. The molecule has 0 bridgehead atoms. The van der Waals surface area contributed by atoms with Crippen LogP contribution in [0, 0.1) is 0 Å². The number of methoxy groups -OCH3 is 1. The molecular formula is C20H26N2O7. The van der Waals surface area contributed by atoms with E-state index in [9.17, 15) is 19.2 Å². The lowest BCUT2D eigenvalue weighted by atomic mass is 10.0. The number of carbonyl (C=O) groups is 4. The van der Waals surface area contributed by atoms with Gasteiger partial charge in [0.15, 0.2) is 6.61 Å². The standard InChI is InChI=1S/C20H26N2O7/c1-3-28-20(26)16-6-4-5-11-22(16)17(23)13-29-18(24)12-21-19(25)14-7-9-15(27-2)10-8-14/h7-10,16H,3-6,11-13H2,1-2H3,(H,21,25)/t16-/m0/s1. The van der Waals surface area contributed by atoms with Crippen LogP contribution in [0.3, 0.4) is 0 Å². The van der Waals surface area contributed by atoms with Gasteiger partial charge in [-0.3, -0.25) is 14.4 Å². The van der Waals surface area contributed by atoms with E-state index in [0.717, 1.165) is 12.8 Å². The van der Waals surface area contributed by atoms with Gasteiger partial charge in [-0.25, -0.2) is 4.79 Å². The maximum Gasteiger partial charge on any atom is 0.328 e. The third-order valence-electron chi connectivity index (χ3n) is 4.48. The average Bonchev–Trinajstić information content (AvgIpc) is 2.76. The van der Waals surface area contributed by atoms with Crippen molar-refractivity contribution in [2.24, 2.45) is 0 Å². The molecule has 0 aliphatic carbocycles. The van der Waals surface area contributed by atoms with Crippen LogP contribution in [0.15, 0.2) is 24.3 Å². The lowest BCUT2D eigenvalue weighted by molar-refractivity contribution is -0.160. The lowest BCUT2D eigenvalue weighted by Gasteiger charge is -2.33. The summed E-state index contributed by atoms with van der Waals surface area (Å²) in [6, 6.07) is 5.74. The highest BCUT2D eigenvalue weighted by Gasteiger charge is 2.33. The number of rotatable bonds is 8. The molecule has 1 atom stereocenters. The fourth-order valence-electron chi connectivity index (χ4n) is 2.99. The minimum atomic E-state index is -0.745. The lowest BCUT2D eigenvalue weighted by Crippen LogP contribution is -2.50. The number of piperidine rings is 1. The van der Waals surface area contributed by atoms with Crippen LogP contribution >= 0.6 is 0 Å². The molecule has 1 heterocycles. The van der Waals surface area contributed by atoms with Gasteiger partial charge in [0.1, 0.15) is 18.3 Å². The van der Waals surface area contributed by atoms with Gasteiger partial charge in [0.2, 0.25) is 0 Å². The highest BCUT2D eigenvalue weighted by atomic mass is 16.5. The zero-order chi connectivity index (χ0) is 21.2. The summed E-state index contributed by atoms with van der Waals surface area (Å²) in [5.41, 5.74) is 0.361. The molecule has 1 fully saturated rings. The summed E-state index contributed by atoms with van der Waals surface area (Å²) >= 11 is 0. The number of benzene rings is 1. The average molecular weight is 406 g/mol. The van der Waals surface area contributed by atoms with E-state index < -0.39 is 36.4 Å². The first kappa shape index (κ1) is 22.2. The molecule has 2 amide bonds. The molecule has 158 valence electrons. The Bertz CT molecular complexity index is 733. The minimum Gasteiger partial charge on any atom is -0.497 e. The molecule has 1 saturated heterocycles. The number of hydrogen-bond donors (Lipinski definition) is 1. The number of amides is 2. The van der Waals surface area contributed by atoms with E-state index >= 15 is 0 Å². The van der Waals surface area contributed by atoms with Gasteiger partial charge in [0.05, 0.1) is 13.7 Å². The molecule has 0 aromatic heterocycles. The van der Waals surface area contributed by atoms with Crippen molar-refractivity contribution >= 4 is 23.8 Å². The molecule has 0 spiro atoms. The smallest absolute Gasteiger partial charge is 0.328 e. The van der Waals surface area contributed by atoms with Gasteiger partial charge in [0, 0.05) is 12.1 Å². The van der Waals surface area contributed by atoms with E-state index in [1.165, 1.54) is 12.0 Å². The predicted octanol–water partition coefficient (Wildman–Crippen LogP) is 0.912. The maximum atomic E-state index is 12.4. The van der Waals surface area contributed by atoms with Crippen molar-refractivity contribution in [3.63, 3.8) is 0 Å². The van der Waals surface area contributed by atoms with Crippen LogP contribution in [0.4, 0.5) is 0 Å². The molecule has 1 aliphatic heterocycles. The van der Waals surface area contributed by atoms with Gasteiger partial charge in [-0.2, -0.15) is 0 Å². The van der Waals surface area contributed by atoms with E-state index in [1.54, 1.807) is 31.2 Å². The molecule has 0 radical (unpaired) electrons. The number of likely N-dealkylation sites (tertiary alicyclic amines) is 1. The number of nitrogens with one attached hydrogen (secondary N) is 1. The van der Waals surface area contributed by atoms with Crippen LogP contribution in [0.25, 0.3) is 0 Å². The maximum absolute atomic E-state index is 12.4. The van der Waals surface area contributed by atoms with Gasteiger partial charge in [0.25, 0.3) is 11.8 Å². The van der Waals surface area contributed by atoms with Crippen molar-refractivity contribution in [1.29, 1.82) is 0 Å². The summed E-state index contributed by atoms with van der Waals surface area (Å²) in [5, 5.41) is 2.43. The number of nitrogens with zero attached hydrogens (tertiary/aromatic N) is 1. The zero-order valence-electron chi connectivity index (χ0n) is 16.6. The zero-order valence-corrected chi connectivity index (χ0v) is 16.6. The number of esters is 2. The van der Waals surface area contributed by atoms with Crippen molar-refractivity contribution in [3.05, 3.63) is 29.8 Å². The Hall–Kier alpha value is -3.10. The molecule has 1 aromatic rings. The molecule has 1 aromatic carbocycles. The molecule has 1 N–H and O–H groups in total. The van der Waals surface area contributed by atoms with E-state index in [-0.39, 0.29) is 13.2 Å². The number of ether oxygens (including phenoxy) is 3. The summed E-state index contributed by atoms with van der Waals surface area (Å²) < 4.78 is 15.0. The molecule has 0 saturated carbocycles. The third-order valence-corrected chi connectivity index (χ3v) is 4.48. The second-order valence-corrected chi connectivity index (χ2v) is 6.42. The van der Waals surface area contributed by atoms with Gasteiger partial charge in [-0.15, -0.1) is 0 Å².